The third-order valence-electron chi connectivity index (χ3n) is 1.73. The van der Waals surface area contributed by atoms with Gasteiger partial charge in [0.15, 0.2) is 0 Å². The van der Waals surface area contributed by atoms with E-state index in [1.54, 1.807) is 6.07 Å². The standard InChI is InChI=1S/C8H5BF4N.K/c10-7-1-2-8(9(11,12)13)6(5-7)3-4-14;/h1-2,5H,3H2;/q-1;+1. The van der Waals surface area contributed by atoms with Crippen LogP contribution in [0.25, 0.3) is 0 Å². The third kappa shape index (κ3) is 4.25. The first kappa shape index (κ1) is 15.1. The van der Waals surface area contributed by atoms with Gasteiger partial charge in [-0.1, -0.05) is 11.6 Å². The number of benzene rings is 1. The van der Waals surface area contributed by atoms with Crippen LogP contribution in [0.2, 0.25) is 0 Å². The van der Waals surface area contributed by atoms with Gasteiger partial charge in [-0.2, -0.15) is 5.26 Å². The minimum atomic E-state index is -5.18. The average molecular weight is 241 g/mol. The van der Waals surface area contributed by atoms with Crippen molar-refractivity contribution in [3.8, 4) is 6.07 Å². The summed E-state index contributed by atoms with van der Waals surface area (Å²) < 4.78 is 49.6. The van der Waals surface area contributed by atoms with E-state index < -0.39 is 24.7 Å². The molecule has 7 heteroatoms. The quantitative estimate of drug-likeness (QED) is 0.479. The smallest absolute Gasteiger partial charge is 0.445 e. The molecule has 0 N–H and O–H groups in total. The fourth-order valence-corrected chi connectivity index (χ4v) is 1.13. The van der Waals surface area contributed by atoms with Crippen molar-refractivity contribution in [1.29, 1.82) is 5.26 Å². The number of hydrogen-bond donors (Lipinski definition) is 0. The SMILES string of the molecule is N#CCc1cc(F)ccc1[B-](F)(F)F.[K+]. The van der Waals surface area contributed by atoms with E-state index in [1.165, 1.54) is 0 Å². The second-order valence-electron chi connectivity index (χ2n) is 2.75. The minimum absolute atomic E-state index is 0. The first-order valence-electron chi connectivity index (χ1n) is 3.80. The zero-order valence-corrected chi connectivity index (χ0v) is 11.1. The molecule has 0 radical (unpaired) electrons. The van der Waals surface area contributed by atoms with Crippen LogP contribution in [0.3, 0.4) is 0 Å². The second-order valence-corrected chi connectivity index (χ2v) is 2.75. The van der Waals surface area contributed by atoms with Crippen molar-refractivity contribution >= 4 is 12.4 Å². The van der Waals surface area contributed by atoms with E-state index in [1.807, 2.05) is 0 Å². The second kappa shape index (κ2) is 6.01. The Bertz CT molecular complexity index is 385. The van der Waals surface area contributed by atoms with Gasteiger partial charge in [-0.15, -0.1) is 5.46 Å². The van der Waals surface area contributed by atoms with Gasteiger partial charge in [0.2, 0.25) is 0 Å². The fourth-order valence-electron chi connectivity index (χ4n) is 1.13. The molecule has 1 aromatic rings. The Balaban J connectivity index is 0.00000196. The molecule has 1 aromatic carbocycles. The van der Waals surface area contributed by atoms with Crippen LogP contribution in [0.4, 0.5) is 17.3 Å². The van der Waals surface area contributed by atoms with Gasteiger partial charge in [0, 0.05) is 0 Å². The minimum Gasteiger partial charge on any atom is -0.445 e. The molecule has 0 aliphatic heterocycles. The predicted molar refractivity (Wildman–Crippen MR) is 44.4 cm³/mol. The monoisotopic (exact) mass is 241 g/mol. The van der Waals surface area contributed by atoms with Crippen LogP contribution >= 0.6 is 0 Å². The van der Waals surface area contributed by atoms with E-state index in [0.29, 0.717) is 6.07 Å². The summed E-state index contributed by atoms with van der Waals surface area (Å²) in [7, 11) is 0. The molecular weight excluding hydrogens is 236 g/mol. The molecule has 74 valence electrons. The first-order chi connectivity index (χ1) is 6.45. The molecule has 0 bridgehead atoms. The number of nitriles is 1. The van der Waals surface area contributed by atoms with Crippen molar-refractivity contribution in [3.05, 3.63) is 29.6 Å². The van der Waals surface area contributed by atoms with E-state index in [9.17, 15) is 17.3 Å². The molecule has 1 rings (SSSR count). The molecule has 0 saturated carbocycles. The Hall–Kier alpha value is 0.131. The maximum atomic E-state index is 12.6. The maximum Gasteiger partial charge on any atom is 1.00 e. The number of rotatable bonds is 2. The Labute approximate surface area is 127 Å². The summed E-state index contributed by atoms with van der Waals surface area (Å²) in [5, 5.41) is 8.27. The summed E-state index contributed by atoms with van der Waals surface area (Å²) in [4.78, 5) is 0. The van der Waals surface area contributed by atoms with Crippen molar-refractivity contribution in [2.45, 2.75) is 6.42 Å². The van der Waals surface area contributed by atoms with Crippen molar-refractivity contribution in [1.82, 2.24) is 0 Å². The van der Waals surface area contributed by atoms with E-state index >= 15 is 0 Å². The van der Waals surface area contributed by atoms with Crippen LogP contribution in [-0.2, 0) is 6.42 Å². The largest absolute Gasteiger partial charge is 1.00 e. The molecule has 15 heavy (non-hydrogen) atoms. The van der Waals surface area contributed by atoms with Crippen LogP contribution in [-0.4, -0.2) is 6.98 Å². The average Bonchev–Trinajstić information content (AvgIpc) is 2.02. The van der Waals surface area contributed by atoms with Gasteiger partial charge < -0.3 is 12.9 Å². The van der Waals surface area contributed by atoms with Gasteiger partial charge in [0.1, 0.15) is 5.82 Å². The molecule has 0 saturated heterocycles. The van der Waals surface area contributed by atoms with Gasteiger partial charge in [0.05, 0.1) is 12.5 Å². The van der Waals surface area contributed by atoms with Gasteiger partial charge in [0.25, 0.3) is 0 Å². The molecule has 1 nitrogen and oxygen atoms in total. The first-order valence-corrected chi connectivity index (χ1v) is 3.80. The molecule has 0 unspecified atom stereocenters. The molecule has 0 heterocycles. The van der Waals surface area contributed by atoms with Crippen LogP contribution in [0.5, 0.6) is 0 Å². The molecule has 0 aliphatic carbocycles. The van der Waals surface area contributed by atoms with Gasteiger partial charge in [-0.05, 0) is 12.1 Å². The van der Waals surface area contributed by atoms with Crippen LogP contribution in [0.15, 0.2) is 18.2 Å². The Kier molecular flexibility index (Phi) is 6.07. The fraction of sp³-hybridized carbons (Fsp3) is 0.125. The zero-order chi connectivity index (χ0) is 10.8. The van der Waals surface area contributed by atoms with Crippen molar-refractivity contribution in [2.75, 3.05) is 0 Å². The summed E-state index contributed by atoms with van der Waals surface area (Å²) in [6.45, 7) is -5.18. The molecular formula is C8H5BF4KN. The number of hydrogen-bond acceptors (Lipinski definition) is 1. The zero-order valence-electron chi connectivity index (χ0n) is 7.98. The molecule has 0 fully saturated rings. The van der Waals surface area contributed by atoms with Crippen LogP contribution < -0.4 is 56.8 Å². The maximum absolute atomic E-state index is 12.6. The molecule has 0 spiro atoms. The summed E-state index contributed by atoms with van der Waals surface area (Å²) in [5.74, 6) is -0.765. The Morgan fingerprint density at radius 1 is 1.27 bits per heavy atom. The Morgan fingerprint density at radius 2 is 1.87 bits per heavy atom. The van der Waals surface area contributed by atoms with Gasteiger partial charge in [-0.3, -0.25) is 0 Å². The molecule has 0 atom stereocenters. The summed E-state index contributed by atoms with van der Waals surface area (Å²) in [5.41, 5.74) is -1.20. The normalized spacial score (nSPS) is 10.3. The van der Waals surface area contributed by atoms with Crippen molar-refractivity contribution < 1.29 is 68.7 Å². The van der Waals surface area contributed by atoms with Crippen LogP contribution in [0, 0.1) is 17.1 Å². The molecule has 0 aromatic heterocycles. The summed E-state index contributed by atoms with van der Waals surface area (Å²) >= 11 is 0. The number of halogens is 4. The van der Waals surface area contributed by atoms with E-state index in [0.717, 1.165) is 12.1 Å². The number of nitrogens with zero attached hydrogens (tertiary/aromatic N) is 1. The molecule has 0 aliphatic rings. The van der Waals surface area contributed by atoms with E-state index in [2.05, 4.69) is 0 Å². The van der Waals surface area contributed by atoms with Crippen LogP contribution in [0.1, 0.15) is 5.56 Å². The van der Waals surface area contributed by atoms with E-state index in [-0.39, 0.29) is 56.9 Å². The third-order valence-corrected chi connectivity index (χ3v) is 1.73. The van der Waals surface area contributed by atoms with E-state index in [4.69, 9.17) is 5.26 Å². The summed E-state index contributed by atoms with van der Waals surface area (Å²) in [6.07, 6.45) is -0.436. The molecule has 0 amide bonds. The topological polar surface area (TPSA) is 23.8 Å². The van der Waals surface area contributed by atoms with Gasteiger partial charge >= 0.3 is 58.4 Å². The Morgan fingerprint density at radius 3 is 2.33 bits per heavy atom. The van der Waals surface area contributed by atoms with Crippen molar-refractivity contribution in [2.24, 2.45) is 0 Å². The predicted octanol–water partition coefficient (Wildman–Crippen LogP) is -1.05. The van der Waals surface area contributed by atoms with Crippen molar-refractivity contribution in [3.63, 3.8) is 0 Å². The van der Waals surface area contributed by atoms with Gasteiger partial charge in [-0.25, -0.2) is 4.39 Å². The summed E-state index contributed by atoms with van der Waals surface area (Å²) in [6, 6.07) is 3.72.